The summed E-state index contributed by atoms with van der Waals surface area (Å²) in [5.41, 5.74) is 3.20. The molecule has 0 atom stereocenters. The van der Waals surface area contributed by atoms with Crippen molar-refractivity contribution in [2.75, 3.05) is 0 Å². The normalized spacial score (nSPS) is 10.6. The Balaban J connectivity index is 3.38. The van der Waals surface area contributed by atoms with Crippen molar-refractivity contribution < 1.29 is 9.50 Å². The lowest BCUT2D eigenvalue weighted by Crippen LogP contribution is -2.03. The van der Waals surface area contributed by atoms with Crippen molar-refractivity contribution in [1.82, 2.24) is 0 Å². The van der Waals surface area contributed by atoms with Crippen LogP contribution in [0.15, 0.2) is 6.07 Å². The van der Waals surface area contributed by atoms with E-state index in [1.165, 1.54) is 0 Å². The van der Waals surface area contributed by atoms with Crippen molar-refractivity contribution in [2.45, 2.75) is 40.2 Å². The molecule has 0 heterocycles. The Hall–Kier alpha value is -0.890. The number of aryl methyl sites for hydroxylation is 1. The first-order valence-corrected chi connectivity index (χ1v) is 5.06. The summed E-state index contributed by atoms with van der Waals surface area (Å²) in [6.45, 7) is 5.68. The molecule has 0 saturated heterocycles. The monoisotopic (exact) mass is 196 g/mol. The molecular weight excluding hydrogens is 179 g/mol. The summed E-state index contributed by atoms with van der Waals surface area (Å²) in [5.74, 6) is -0.110. The SMILES string of the molecule is CCc1cc(CO)c(CC)c(C)c1F. The van der Waals surface area contributed by atoms with Crippen LogP contribution in [0, 0.1) is 12.7 Å². The van der Waals surface area contributed by atoms with Crippen molar-refractivity contribution >= 4 is 0 Å². The first-order chi connectivity index (χ1) is 6.65. The van der Waals surface area contributed by atoms with Crippen LogP contribution in [0.5, 0.6) is 0 Å². The zero-order valence-corrected chi connectivity index (χ0v) is 9.02. The second kappa shape index (κ2) is 4.56. The van der Waals surface area contributed by atoms with Crippen molar-refractivity contribution in [3.05, 3.63) is 34.1 Å². The average molecular weight is 196 g/mol. The minimum absolute atomic E-state index is 0.00269. The van der Waals surface area contributed by atoms with E-state index in [4.69, 9.17) is 5.11 Å². The molecule has 1 N–H and O–H groups in total. The van der Waals surface area contributed by atoms with Gasteiger partial charge in [0, 0.05) is 0 Å². The Bertz CT molecular complexity index is 332. The number of aliphatic hydroxyl groups is 1. The third-order valence-corrected chi connectivity index (χ3v) is 2.70. The molecule has 1 aromatic rings. The molecule has 0 unspecified atom stereocenters. The fourth-order valence-electron chi connectivity index (χ4n) is 1.87. The van der Waals surface area contributed by atoms with Crippen molar-refractivity contribution in [3.63, 3.8) is 0 Å². The molecule has 1 nitrogen and oxygen atoms in total. The molecule has 0 aromatic heterocycles. The van der Waals surface area contributed by atoms with Gasteiger partial charge in [0.05, 0.1) is 6.61 Å². The second-order valence-corrected chi connectivity index (χ2v) is 3.48. The van der Waals surface area contributed by atoms with Gasteiger partial charge < -0.3 is 5.11 Å². The maximum absolute atomic E-state index is 13.7. The molecule has 14 heavy (non-hydrogen) atoms. The van der Waals surface area contributed by atoms with Crippen LogP contribution in [0.25, 0.3) is 0 Å². The van der Waals surface area contributed by atoms with Crippen LogP contribution in [0.1, 0.15) is 36.1 Å². The highest BCUT2D eigenvalue weighted by atomic mass is 19.1. The fourth-order valence-corrected chi connectivity index (χ4v) is 1.87. The fraction of sp³-hybridized carbons (Fsp3) is 0.500. The van der Waals surface area contributed by atoms with Crippen molar-refractivity contribution in [2.24, 2.45) is 0 Å². The number of halogens is 1. The van der Waals surface area contributed by atoms with E-state index in [2.05, 4.69) is 0 Å². The van der Waals surface area contributed by atoms with Gasteiger partial charge in [0.15, 0.2) is 0 Å². The van der Waals surface area contributed by atoms with E-state index in [-0.39, 0.29) is 12.4 Å². The maximum atomic E-state index is 13.7. The summed E-state index contributed by atoms with van der Waals surface area (Å²) in [6, 6.07) is 1.78. The maximum Gasteiger partial charge on any atom is 0.129 e. The smallest absolute Gasteiger partial charge is 0.129 e. The van der Waals surface area contributed by atoms with Gasteiger partial charge in [0.2, 0.25) is 0 Å². The van der Waals surface area contributed by atoms with E-state index in [9.17, 15) is 4.39 Å². The Morgan fingerprint density at radius 3 is 2.29 bits per heavy atom. The van der Waals surface area contributed by atoms with Gasteiger partial charge in [-0.25, -0.2) is 4.39 Å². The number of benzene rings is 1. The van der Waals surface area contributed by atoms with Gasteiger partial charge in [0.25, 0.3) is 0 Å². The predicted molar refractivity (Wildman–Crippen MR) is 55.8 cm³/mol. The first-order valence-electron chi connectivity index (χ1n) is 5.06. The van der Waals surface area contributed by atoms with Crippen LogP contribution in [-0.4, -0.2) is 5.11 Å². The average Bonchev–Trinajstić information content (AvgIpc) is 2.21. The van der Waals surface area contributed by atoms with E-state index in [0.717, 1.165) is 17.5 Å². The topological polar surface area (TPSA) is 20.2 Å². The molecule has 0 aliphatic heterocycles. The standard InChI is InChI=1S/C12H17FO/c1-4-9-6-10(7-14)11(5-2)8(3)12(9)13/h6,14H,4-5,7H2,1-3H3. The Morgan fingerprint density at radius 2 is 1.86 bits per heavy atom. The number of aliphatic hydroxyl groups excluding tert-OH is 1. The summed E-state index contributed by atoms with van der Waals surface area (Å²) >= 11 is 0. The van der Waals surface area contributed by atoms with E-state index in [1.54, 1.807) is 13.0 Å². The summed E-state index contributed by atoms with van der Waals surface area (Å²) in [6.07, 6.45) is 1.44. The van der Waals surface area contributed by atoms with Gasteiger partial charge in [-0.1, -0.05) is 19.9 Å². The van der Waals surface area contributed by atoms with E-state index in [0.29, 0.717) is 17.5 Å². The summed E-state index contributed by atoms with van der Waals surface area (Å²) in [7, 11) is 0. The molecule has 0 radical (unpaired) electrons. The van der Waals surface area contributed by atoms with Crippen LogP contribution in [0.2, 0.25) is 0 Å². The van der Waals surface area contributed by atoms with Gasteiger partial charge in [-0.05, 0) is 42.0 Å². The van der Waals surface area contributed by atoms with E-state index in [1.807, 2.05) is 13.8 Å². The highest BCUT2D eigenvalue weighted by molar-refractivity contribution is 5.39. The Labute approximate surface area is 84.6 Å². The quantitative estimate of drug-likeness (QED) is 0.788. The lowest BCUT2D eigenvalue weighted by atomic mass is 9.95. The molecule has 1 aromatic carbocycles. The molecule has 0 spiro atoms. The zero-order chi connectivity index (χ0) is 10.7. The van der Waals surface area contributed by atoms with Gasteiger partial charge in [0.1, 0.15) is 5.82 Å². The molecule has 0 bridgehead atoms. The third kappa shape index (κ3) is 1.80. The molecule has 2 heteroatoms. The van der Waals surface area contributed by atoms with Crippen molar-refractivity contribution in [3.8, 4) is 0 Å². The highest BCUT2D eigenvalue weighted by Crippen LogP contribution is 2.22. The Kier molecular flexibility index (Phi) is 3.64. The number of rotatable bonds is 3. The molecule has 0 saturated carbocycles. The molecular formula is C12H17FO. The summed E-state index contributed by atoms with van der Waals surface area (Å²) in [5, 5.41) is 9.16. The molecule has 0 fully saturated rings. The molecule has 0 amide bonds. The summed E-state index contributed by atoms with van der Waals surface area (Å²) in [4.78, 5) is 0. The molecule has 0 aliphatic rings. The van der Waals surface area contributed by atoms with Crippen LogP contribution in [0.3, 0.4) is 0 Å². The highest BCUT2D eigenvalue weighted by Gasteiger charge is 2.12. The van der Waals surface area contributed by atoms with Crippen molar-refractivity contribution in [1.29, 1.82) is 0 Å². The van der Waals surface area contributed by atoms with Crippen LogP contribution < -0.4 is 0 Å². The predicted octanol–water partition coefficient (Wildman–Crippen LogP) is 2.75. The minimum Gasteiger partial charge on any atom is -0.392 e. The van der Waals surface area contributed by atoms with Gasteiger partial charge >= 0.3 is 0 Å². The van der Waals surface area contributed by atoms with Gasteiger partial charge in [-0.3, -0.25) is 0 Å². The lowest BCUT2D eigenvalue weighted by molar-refractivity contribution is 0.280. The number of hydrogen-bond acceptors (Lipinski definition) is 1. The van der Waals surface area contributed by atoms with Gasteiger partial charge in [-0.15, -0.1) is 0 Å². The van der Waals surface area contributed by atoms with E-state index < -0.39 is 0 Å². The van der Waals surface area contributed by atoms with E-state index >= 15 is 0 Å². The zero-order valence-electron chi connectivity index (χ0n) is 9.02. The van der Waals surface area contributed by atoms with Gasteiger partial charge in [-0.2, -0.15) is 0 Å². The lowest BCUT2D eigenvalue weighted by Gasteiger charge is -2.13. The molecule has 1 rings (SSSR count). The first kappa shape index (κ1) is 11.2. The van der Waals surface area contributed by atoms with Crippen LogP contribution >= 0.6 is 0 Å². The molecule has 0 aliphatic carbocycles. The Morgan fingerprint density at radius 1 is 1.21 bits per heavy atom. The molecule has 78 valence electrons. The van der Waals surface area contributed by atoms with Crippen LogP contribution in [0.4, 0.5) is 4.39 Å². The summed E-state index contributed by atoms with van der Waals surface area (Å²) < 4.78 is 13.7. The largest absolute Gasteiger partial charge is 0.392 e. The minimum atomic E-state index is -0.110. The third-order valence-electron chi connectivity index (χ3n) is 2.70. The number of hydrogen-bond donors (Lipinski definition) is 1. The van der Waals surface area contributed by atoms with Crippen LogP contribution in [-0.2, 0) is 19.4 Å². The second-order valence-electron chi connectivity index (χ2n) is 3.48.